The van der Waals surface area contributed by atoms with Crippen molar-refractivity contribution >= 4 is 18.5 Å². The molecule has 2 aromatic rings. The van der Waals surface area contributed by atoms with Crippen molar-refractivity contribution in [2.75, 3.05) is 6.54 Å². The Hall–Kier alpha value is -2.37. The molecule has 1 aliphatic rings. The van der Waals surface area contributed by atoms with Crippen molar-refractivity contribution in [3.63, 3.8) is 0 Å². The monoisotopic (exact) mass is 361 g/mol. The fourth-order valence-electron chi connectivity index (χ4n) is 2.60. The van der Waals surface area contributed by atoms with Crippen LogP contribution in [0.2, 0.25) is 0 Å². The summed E-state index contributed by atoms with van der Waals surface area (Å²) in [7, 11) is 1.72. The quantitative estimate of drug-likeness (QED) is 0.777. The number of hydrogen-bond donors (Lipinski definition) is 2. The number of nitrogens with zero attached hydrogens (tertiary/aromatic N) is 1. The van der Waals surface area contributed by atoms with Gasteiger partial charge in [-0.3, -0.25) is 4.98 Å². The summed E-state index contributed by atoms with van der Waals surface area (Å²) in [5, 5.41) is 13.6. The van der Waals surface area contributed by atoms with E-state index in [1.54, 1.807) is 27.5 Å². The van der Waals surface area contributed by atoms with E-state index in [9.17, 15) is 5.11 Å². The molecule has 3 rings (SSSR count). The van der Waals surface area contributed by atoms with Gasteiger partial charge in [0.15, 0.2) is 0 Å². The summed E-state index contributed by atoms with van der Waals surface area (Å²) in [6.45, 7) is 8.11. The van der Waals surface area contributed by atoms with Crippen LogP contribution in [-0.2, 0) is 4.65 Å². The predicted octanol–water partition coefficient (Wildman–Crippen LogP) is 3.06. The topological polar surface area (TPSA) is 54.4 Å². The van der Waals surface area contributed by atoms with E-state index in [-0.39, 0.29) is 0 Å². The molecule has 0 saturated heterocycles. The lowest BCUT2D eigenvalue weighted by Crippen LogP contribution is -2.49. The van der Waals surface area contributed by atoms with Crippen molar-refractivity contribution < 1.29 is 9.76 Å². The van der Waals surface area contributed by atoms with Gasteiger partial charge in [-0.05, 0) is 62.1 Å². The van der Waals surface area contributed by atoms with Gasteiger partial charge in [-0.2, -0.15) is 0 Å². The van der Waals surface area contributed by atoms with Crippen molar-refractivity contribution in [2.24, 2.45) is 0 Å². The Balaban J connectivity index is 1.95. The van der Waals surface area contributed by atoms with Gasteiger partial charge in [0, 0.05) is 30.7 Å². The van der Waals surface area contributed by atoms with Crippen LogP contribution in [0.1, 0.15) is 33.3 Å². The number of dihydropyridines is 1. The summed E-state index contributed by atoms with van der Waals surface area (Å²) in [4.78, 5) is 4.23. The SMILES string of the molecule is CC(C)(O)C(C)(C)O[B-]c1cc(C2=CNCC=C2)cc(-c2cccnc2)c1. The zero-order valence-corrected chi connectivity index (χ0v) is 16.4. The highest BCUT2D eigenvalue weighted by molar-refractivity contribution is 6.47. The Kier molecular flexibility index (Phi) is 5.54. The number of rotatable bonds is 6. The van der Waals surface area contributed by atoms with Crippen LogP contribution in [0, 0.1) is 0 Å². The maximum atomic E-state index is 10.3. The minimum atomic E-state index is -0.966. The second-order valence-corrected chi connectivity index (χ2v) is 7.80. The fraction of sp³-hybridized carbons (Fsp3) is 0.318. The summed E-state index contributed by atoms with van der Waals surface area (Å²) in [5.41, 5.74) is 3.57. The summed E-state index contributed by atoms with van der Waals surface area (Å²) < 4.78 is 5.97. The van der Waals surface area contributed by atoms with Crippen molar-refractivity contribution in [1.82, 2.24) is 10.3 Å². The lowest BCUT2D eigenvalue weighted by atomic mass is 9.80. The minimum absolute atomic E-state index is 0.719. The molecule has 5 heteroatoms. The van der Waals surface area contributed by atoms with Crippen LogP contribution in [0.5, 0.6) is 0 Å². The van der Waals surface area contributed by atoms with Crippen LogP contribution in [0.4, 0.5) is 0 Å². The number of pyridine rings is 1. The molecule has 1 aliphatic heterocycles. The molecule has 0 amide bonds. The first-order valence-corrected chi connectivity index (χ1v) is 9.16. The fourth-order valence-corrected chi connectivity index (χ4v) is 2.60. The average molecular weight is 361 g/mol. The van der Waals surface area contributed by atoms with E-state index in [1.807, 2.05) is 38.4 Å². The number of benzene rings is 1. The first-order chi connectivity index (χ1) is 12.8. The van der Waals surface area contributed by atoms with Crippen LogP contribution < -0.4 is 10.8 Å². The zero-order chi connectivity index (χ0) is 19.5. The first kappa shape index (κ1) is 19.4. The highest BCUT2D eigenvalue weighted by Gasteiger charge is 2.31. The number of aromatic nitrogens is 1. The number of aliphatic hydroxyl groups is 1. The molecule has 0 saturated carbocycles. The molecule has 0 atom stereocenters. The summed E-state index contributed by atoms with van der Waals surface area (Å²) in [6.07, 6.45) is 9.86. The van der Waals surface area contributed by atoms with Crippen molar-refractivity contribution in [1.29, 1.82) is 0 Å². The third-order valence-electron chi connectivity index (χ3n) is 5.04. The van der Waals surface area contributed by atoms with E-state index in [0.29, 0.717) is 0 Å². The molecule has 0 spiro atoms. The van der Waals surface area contributed by atoms with Gasteiger partial charge >= 0.3 is 0 Å². The maximum absolute atomic E-state index is 10.3. The Bertz CT molecular complexity index is 852. The molecular weight excluding hydrogens is 335 g/mol. The molecule has 4 nitrogen and oxygen atoms in total. The molecule has 2 N–H and O–H groups in total. The third-order valence-corrected chi connectivity index (χ3v) is 5.04. The molecule has 0 aliphatic carbocycles. The summed E-state index contributed by atoms with van der Waals surface area (Å²) in [5.74, 6) is 0. The van der Waals surface area contributed by atoms with Crippen LogP contribution in [0.3, 0.4) is 0 Å². The minimum Gasteiger partial charge on any atom is -0.649 e. The largest absolute Gasteiger partial charge is 0.649 e. The second kappa shape index (κ2) is 7.71. The number of hydrogen-bond acceptors (Lipinski definition) is 4. The Morgan fingerprint density at radius 2 is 1.89 bits per heavy atom. The highest BCUT2D eigenvalue weighted by Crippen LogP contribution is 2.26. The molecule has 1 aromatic carbocycles. The van der Waals surface area contributed by atoms with E-state index in [4.69, 9.17) is 4.65 Å². The van der Waals surface area contributed by atoms with Gasteiger partial charge in [-0.25, -0.2) is 5.46 Å². The van der Waals surface area contributed by atoms with Crippen molar-refractivity contribution in [3.8, 4) is 11.1 Å². The van der Waals surface area contributed by atoms with Gasteiger partial charge in [0.05, 0.1) is 5.60 Å². The zero-order valence-electron chi connectivity index (χ0n) is 16.4. The molecular formula is C22H26BN2O2-. The van der Waals surface area contributed by atoms with E-state index in [2.05, 4.69) is 40.7 Å². The lowest BCUT2D eigenvalue weighted by Gasteiger charge is -2.45. The molecule has 27 heavy (non-hydrogen) atoms. The van der Waals surface area contributed by atoms with Gasteiger partial charge in [-0.1, -0.05) is 30.4 Å². The standard InChI is InChI=1S/C22H26BN2O2/c1-21(2,26)22(3,4)27-23-20-12-18(16-7-5-9-24-14-16)11-19(13-20)17-8-6-10-25-15-17/h5-9,11-15,25-26H,10H2,1-4H3/q-1. The first-order valence-electron chi connectivity index (χ1n) is 9.16. The Morgan fingerprint density at radius 1 is 1.11 bits per heavy atom. The van der Waals surface area contributed by atoms with Crippen LogP contribution in [0.15, 0.2) is 61.1 Å². The van der Waals surface area contributed by atoms with Crippen molar-refractivity contribution in [3.05, 3.63) is 66.6 Å². The van der Waals surface area contributed by atoms with Crippen LogP contribution in [-0.4, -0.2) is 35.3 Å². The third kappa shape index (κ3) is 4.68. The second-order valence-electron chi connectivity index (χ2n) is 7.80. The van der Waals surface area contributed by atoms with E-state index in [0.717, 1.165) is 34.3 Å². The highest BCUT2D eigenvalue weighted by atomic mass is 16.5. The molecule has 0 unspecified atom stereocenters. The molecule has 2 radical (unpaired) electrons. The average Bonchev–Trinajstić information content (AvgIpc) is 2.67. The van der Waals surface area contributed by atoms with E-state index >= 15 is 0 Å². The number of nitrogens with one attached hydrogen (secondary N) is 1. The summed E-state index contributed by atoms with van der Waals surface area (Å²) >= 11 is 0. The summed E-state index contributed by atoms with van der Waals surface area (Å²) in [6, 6.07) is 10.3. The van der Waals surface area contributed by atoms with Crippen LogP contribution in [0.25, 0.3) is 16.7 Å². The Morgan fingerprint density at radius 3 is 2.52 bits per heavy atom. The van der Waals surface area contributed by atoms with Crippen LogP contribution >= 0.6 is 0 Å². The Labute approximate surface area is 162 Å². The predicted molar refractivity (Wildman–Crippen MR) is 112 cm³/mol. The van der Waals surface area contributed by atoms with Gasteiger partial charge in [0.1, 0.15) is 0 Å². The number of allylic oxidation sites excluding steroid dienone is 2. The van der Waals surface area contributed by atoms with E-state index in [1.165, 1.54) is 0 Å². The maximum Gasteiger partial charge on any atom is 0.0833 e. The van der Waals surface area contributed by atoms with Crippen molar-refractivity contribution in [2.45, 2.75) is 38.9 Å². The van der Waals surface area contributed by atoms with Gasteiger partial charge in [0.2, 0.25) is 0 Å². The molecule has 0 bridgehead atoms. The molecule has 0 fully saturated rings. The molecule has 140 valence electrons. The molecule has 1 aromatic heterocycles. The van der Waals surface area contributed by atoms with E-state index < -0.39 is 11.2 Å². The van der Waals surface area contributed by atoms with Gasteiger partial charge in [-0.15, -0.1) is 7.48 Å². The smallest absolute Gasteiger partial charge is 0.0833 e. The van der Waals surface area contributed by atoms with Gasteiger partial charge < -0.3 is 15.1 Å². The van der Waals surface area contributed by atoms with Gasteiger partial charge in [0.25, 0.3) is 0 Å². The lowest BCUT2D eigenvalue weighted by molar-refractivity contribution is -0.0893. The molecule has 2 heterocycles. The normalized spacial score (nSPS) is 14.6.